The third-order valence-corrected chi connectivity index (χ3v) is 4.56. The van der Waals surface area contributed by atoms with Gasteiger partial charge in [-0.1, -0.05) is 23.8 Å². The number of carbonyl (C=O) groups is 3. The molecule has 1 fully saturated rings. The number of hydrazine groups is 1. The van der Waals surface area contributed by atoms with Gasteiger partial charge in [-0.15, -0.1) is 0 Å². The van der Waals surface area contributed by atoms with Gasteiger partial charge in [-0.05, 0) is 31.2 Å². The lowest BCUT2D eigenvalue weighted by Crippen LogP contribution is -2.52. The minimum Gasteiger partial charge on any atom is -0.481 e. The molecule has 126 valence electrons. The van der Waals surface area contributed by atoms with Gasteiger partial charge in [0.05, 0.1) is 17.6 Å². The second-order valence-electron chi connectivity index (χ2n) is 5.92. The van der Waals surface area contributed by atoms with Gasteiger partial charge in [0.2, 0.25) is 5.91 Å². The first-order valence-corrected chi connectivity index (χ1v) is 7.65. The van der Waals surface area contributed by atoms with Crippen molar-refractivity contribution >= 4 is 29.4 Å². The predicted molar refractivity (Wildman–Crippen MR) is 84.1 cm³/mol. The highest BCUT2D eigenvalue weighted by molar-refractivity contribution is 6.30. The van der Waals surface area contributed by atoms with Crippen molar-refractivity contribution in [1.82, 2.24) is 10.9 Å². The van der Waals surface area contributed by atoms with Crippen LogP contribution in [0.4, 0.5) is 0 Å². The monoisotopic (exact) mass is 350 g/mol. The molecule has 2 aliphatic rings. The van der Waals surface area contributed by atoms with Gasteiger partial charge < -0.3 is 9.84 Å². The van der Waals surface area contributed by atoms with Crippen LogP contribution in [0.1, 0.15) is 17.3 Å². The van der Waals surface area contributed by atoms with Crippen LogP contribution in [-0.2, 0) is 14.3 Å². The number of amides is 2. The molecular formula is C16H15ClN2O5. The molecule has 1 aromatic carbocycles. The molecule has 1 saturated heterocycles. The Hall–Kier alpha value is -2.38. The number of hydrogen-bond donors (Lipinski definition) is 3. The quantitative estimate of drug-likeness (QED) is 0.560. The molecule has 0 unspecified atom stereocenters. The number of fused-ring (bicyclic) bond motifs is 2. The van der Waals surface area contributed by atoms with Crippen molar-refractivity contribution in [2.75, 3.05) is 0 Å². The maximum absolute atomic E-state index is 12.4. The van der Waals surface area contributed by atoms with Crippen molar-refractivity contribution < 1.29 is 24.2 Å². The second kappa shape index (κ2) is 5.92. The lowest BCUT2D eigenvalue weighted by molar-refractivity contribution is -0.147. The van der Waals surface area contributed by atoms with E-state index in [0.717, 1.165) is 0 Å². The molecule has 0 radical (unpaired) electrons. The molecule has 0 saturated carbocycles. The first kappa shape index (κ1) is 16.5. The van der Waals surface area contributed by atoms with E-state index < -0.39 is 41.3 Å². The Morgan fingerprint density at radius 1 is 1.21 bits per heavy atom. The number of rotatable bonds is 3. The van der Waals surface area contributed by atoms with Crippen LogP contribution in [0.5, 0.6) is 0 Å². The van der Waals surface area contributed by atoms with Crippen molar-refractivity contribution in [2.45, 2.75) is 18.6 Å². The molecule has 2 amide bonds. The van der Waals surface area contributed by atoms with E-state index in [4.69, 9.17) is 16.3 Å². The molecule has 0 spiro atoms. The molecule has 4 atom stereocenters. The van der Waals surface area contributed by atoms with Crippen molar-refractivity contribution in [1.29, 1.82) is 0 Å². The van der Waals surface area contributed by atoms with Crippen LogP contribution >= 0.6 is 11.6 Å². The molecule has 0 aliphatic carbocycles. The summed E-state index contributed by atoms with van der Waals surface area (Å²) in [6.07, 6.45) is 2.69. The SMILES string of the molecule is C[C@@]12C=C[C@@H](O1)[C@@H](C(=O)O)[C@H]2C(=O)NNC(=O)c1ccc(Cl)cc1. The number of nitrogens with one attached hydrogen (secondary N) is 2. The summed E-state index contributed by atoms with van der Waals surface area (Å²) in [5.74, 6) is -4.18. The first-order valence-electron chi connectivity index (χ1n) is 7.27. The number of ether oxygens (including phenoxy) is 1. The van der Waals surface area contributed by atoms with E-state index >= 15 is 0 Å². The van der Waals surface area contributed by atoms with Gasteiger partial charge in [0.25, 0.3) is 5.91 Å². The van der Waals surface area contributed by atoms with E-state index in [2.05, 4.69) is 10.9 Å². The maximum atomic E-state index is 12.4. The van der Waals surface area contributed by atoms with E-state index in [9.17, 15) is 19.5 Å². The largest absolute Gasteiger partial charge is 0.481 e. The summed E-state index contributed by atoms with van der Waals surface area (Å²) < 4.78 is 5.59. The molecule has 2 aliphatic heterocycles. The molecule has 24 heavy (non-hydrogen) atoms. The molecule has 2 heterocycles. The summed E-state index contributed by atoms with van der Waals surface area (Å²) in [5, 5.41) is 9.84. The van der Waals surface area contributed by atoms with Crippen LogP contribution in [0.15, 0.2) is 36.4 Å². The lowest BCUT2D eigenvalue weighted by Gasteiger charge is -2.27. The summed E-state index contributed by atoms with van der Waals surface area (Å²) in [7, 11) is 0. The number of carbonyl (C=O) groups excluding carboxylic acids is 2. The van der Waals surface area contributed by atoms with Gasteiger partial charge in [-0.3, -0.25) is 25.2 Å². The van der Waals surface area contributed by atoms with Crippen molar-refractivity contribution in [2.24, 2.45) is 11.8 Å². The highest BCUT2D eigenvalue weighted by Crippen LogP contribution is 2.46. The van der Waals surface area contributed by atoms with Gasteiger partial charge in [0.1, 0.15) is 5.92 Å². The minimum absolute atomic E-state index is 0.310. The van der Waals surface area contributed by atoms with Crippen LogP contribution in [0, 0.1) is 11.8 Å². The zero-order chi connectivity index (χ0) is 17.5. The highest BCUT2D eigenvalue weighted by Gasteiger charge is 2.59. The third-order valence-electron chi connectivity index (χ3n) is 4.31. The highest BCUT2D eigenvalue weighted by atomic mass is 35.5. The number of aliphatic carboxylic acids is 1. The smallest absolute Gasteiger partial charge is 0.310 e. The fraction of sp³-hybridized carbons (Fsp3) is 0.312. The summed E-state index contributed by atoms with van der Waals surface area (Å²) in [6.45, 7) is 1.65. The summed E-state index contributed by atoms with van der Waals surface area (Å²) >= 11 is 5.75. The van der Waals surface area contributed by atoms with Gasteiger partial charge in [0.15, 0.2) is 0 Å². The predicted octanol–water partition coefficient (Wildman–Crippen LogP) is 1.15. The maximum Gasteiger partial charge on any atom is 0.310 e. The number of carboxylic acids is 1. The second-order valence-corrected chi connectivity index (χ2v) is 6.35. The fourth-order valence-electron chi connectivity index (χ4n) is 3.15. The topological polar surface area (TPSA) is 105 Å². The van der Waals surface area contributed by atoms with Crippen LogP contribution < -0.4 is 10.9 Å². The lowest BCUT2D eigenvalue weighted by atomic mass is 9.76. The average Bonchev–Trinajstić information content (AvgIpc) is 3.06. The van der Waals surface area contributed by atoms with Crippen molar-refractivity contribution in [3.8, 4) is 0 Å². The Labute approximate surface area is 142 Å². The number of halogens is 1. The van der Waals surface area contributed by atoms with E-state index in [1.807, 2.05) is 0 Å². The van der Waals surface area contributed by atoms with Crippen LogP contribution in [0.25, 0.3) is 0 Å². The van der Waals surface area contributed by atoms with Crippen LogP contribution in [-0.4, -0.2) is 34.6 Å². The number of carboxylic acid groups (broad SMARTS) is 1. The summed E-state index contributed by atoms with van der Waals surface area (Å²) in [4.78, 5) is 35.9. The number of benzene rings is 1. The molecule has 7 nitrogen and oxygen atoms in total. The van der Waals surface area contributed by atoms with Crippen LogP contribution in [0.3, 0.4) is 0 Å². The van der Waals surface area contributed by atoms with Crippen molar-refractivity contribution in [3.63, 3.8) is 0 Å². The Morgan fingerprint density at radius 3 is 2.50 bits per heavy atom. The molecule has 2 bridgehead atoms. The molecule has 3 N–H and O–H groups in total. The molecule has 3 rings (SSSR count). The van der Waals surface area contributed by atoms with E-state index in [0.29, 0.717) is 10.6 Å². The molecule has 1 aromatic rings. The zero-order valence-electron chi connectivity index (χ0n) is 12.7. The Morgan fingerprint density at radius 2 is 1.88 bits per heavy atom. The molecule has 0 aromatic heterocycles. The Balaban J connectivity index is 1.68. The third kappa shape index (κ3) is 2.76. The Kier molecular flexibility index (Phi) is 4.06. The van der Waals surface area contributed by atoms with Gasteiger partial charge >= 0.3 is 5.97 Å². The van der Waals surface area contributed by atoms with Crippen molar-refractivity contribution in [3.05, 3.63) is 47.0 Å². The Bertz CT molecular complexity index is 732. The van der Waals surface area contributed by atoms with Gasteiger partial charge in [0, 0.05) is 10.6 Å². The summed E-state index contributed by atoms with van der Waals surface area (Å²) in [5.41, 5.74) is 3.87. The first-order chi connectivity index (χ1) is 11.3. The number of hydrogen-bond acceptors (Lipinski definition) is 4. The standard InChI is InChI=1S/C16H15ClN2O5/c1-16-7-6-10(24-16)11(15(22)23)12(16)14(21)19-18-13(20)8-2-4-9(17)5-3-8/h2-7,10-12H,1H3,(H,18,20)(H,19,21)(H,22,23)/t10-,11-,12+,16+/m1/s1. The average molecular weight is 351 g/mol. The molecule has 8 heteroatoms. The normalized spacial score (nSPS) is 30.2. The van der Waals surface area contributed by atoms with Gasteiger partial charge in [-0.25, -0.2) is 0 Å². The fourth-order valence-corrected chi connectivity index (χ4v) is 3.28. The van der Waals surface area contributed by atoms with E-state index in [1.165, 1.54) is 12.1 Å². The van der Waals surface area contributed by atoms with Crippen LogP contribution in [0.2, 0.25) is 5.02 Å². The van der Waals surface area contributed by atoms with E-state index in [1.54, 1.807) is 31.2 Å². The molecular weight excluding hydrogens is 336 g/mol. The van der Waals surface area contributed by atoms with E-state index in [-0.39, 0.29) is 0 Å². The summed E-state index contributed by atoms with van der Waals surface area (Å²) in [6, 6.07) is 6.12. The zero-order valence-corrected chi connectivity index (χ0v) is 13.4. The van der Waals surface area contributed by atoms with Gasteiger partial charge in [-0.2, -0.15) is 0 Å². The minimum atomic E-state index is -1.11.